The van der Waals surface area contributed by atoms with Crippen molar-refractivity contribution in [2.75, 3.05) is 19.0 Å². The van der Waals surface area contributed by atoms with Crippen molar-refractivity contribution >= 4 is 44.3 Å². The molecule has 0 aliphatic rings. The Morgan fingerprint density at radius 2 is 2.21 bits per heavy atom. The highest BCUT2D eigenvalue weighted by molar-refractivity contribution is 14.1. The van der Waals surface area contributed by atoms with Gasteiger partial charge in [-0.2, -0.15) is 0 Å². The third kappa shape index (κ3) is 3.36. The average molecular weight is 434 g/mol. The van der Waals surface area contributed by atoms with Gasteiger partial charge in [-0.15, -0.1) is 0 Å². The molecule has 0 saturated carbocycles. The lowest BCUT2D eigenvalue weighted by Gasteiger charge is -2.09. The molecule has 1 aromatic carbocycles. The number of hydrogen-bond donors (Lipinski definition) is 1. The van der Waals surface area contributed by atoms with Crippen molar-refractivity contribution in [3.63, 3.8) is 0 Å². The number of nitrogens with zero attached hydrogens (tertiary/aromatic N) is 2. The first-order valence-electron chi connectivity index (χ1n) is 5.76. The highest BCUT2D eigenvalue weighted by Gasteiger charge is 2.10. The maximum absolute atomic E-state index is 5.24. The molecule has 2 rings (SSSR count). The molecule has 19 heavy (non-hydrogen) atoms. The van der Waals surface area contributed by atoms with E-state index in [4.69, 9.17) is 4.74 Å². The predicted molar refractivity (Wildman–Crippen MR) is 88.6 cm³/mol. The van der Waals surface area contributed by atoms with Crippen LogP contribution >= 0.6 is 38.5 Å². The Morgan fingerprint density at radius 3 is 2.89 bits per heavy atom. The van der Waals surface area contributed by atoms with Crippen molar-refractivity contribution in [2.45, 2.75) is 6.92 Å². The molecule has 1 N–H and O–H groups in total. The first-order valence-corrected chi connectivity index (χ1v) is 7.63. The monoisotopic (exact) mass is 433 g/mol. The molecule has 0 spiro atoms. The van der Waals surface area contributed by atoms with Crippen LogP contribution in [-0.2, 0) is 0 Å². The Bertz CT molecular complexity index is 592. The summed E-state index contributed by atoms with van der Waals surface area (Å²) >= 11 is 5.74. The summed E-state index contributed by atoms with van der Waals surface area (Å²) in [6.45, 7) is 2.87. The Kier molecular flexibility index (Phi) is 4.98. The number of anilines is 1. The van der Waals surface area contributed by atoms with Crippen LogP contribution < -0.4 is 10.1 Å². The van der Waals surface area contributed by atoms with E-state index in [-0.39, 0.29) is 0 Å². The van der Waals surface area contributed by atoms with E-state index < -0.39 is 0 Å². The number of halogens is 2. The minimum atomic E-state index is 0.669. The number of nitrogens with one attached hydrogen (secondary N) is 1. The van der Waals surface area contributed by atoms with Crippen molar-refractivity contribution in [1.29, 1.82) is 0 Å². The van der Waals surface area contributed by atoms with Gasteiger partial charge in [0, 0.05) is 22.8 Å². The predicted octanol–water partition coefficient (Wildman–Crippen LogP) is 3.95. The first kappa shape index (κ1) is 14.5. The SMILES string of the molecule is CCNc1nc(-c2cc(OC)ccc2Br)ncc1I. The zero-order valence-corrected chi connectivity index (χ0v) is 14.3. The van der Waals surface area contributed by atoms with Gasteiger partial charge in [-0.25, -0.2) is 9.97 Å². The molecular weight excluding hydrogens is 421 g/mol. The molecule has 6 heteroatoms. The van der Waals surface area contributed by atoms with Gasteiger partial charge < -0.3 is 10.1 Å². The average Bonchev–Trinajstić information content (AvgIpc) is 2.42. The van der Waals surface area contributed by atoms with Crippen LogP contribution in [0, 0.1) is 3.57 Å². The molecule has 0 unspecified atom stereocenters. The molecular formula is C13H13BrIN3O. The Hall–Kier alpha value is -0.890. The van der Waals surface area contributed by atoms with Crippen molar-refractivity contribution in [1.82, 2.24) is 9.97 Å². The molecule has 0 aliphatic heterocycles. The van der Waals surface area contributed by atoms with Crippen LogP contribution in [0.4, 0.5) is 5.82 Å². The molecule has 0 saturated heterocycles. The Labute approximate surface area is 134 Å². The number of methoxy groups -OCH3 is 1. The van der Waals surface area contributed by atoms with Crippen LogP contribution in [0.5, 0.6) is 5.75 Å². The summed E-state index contributed by atoms with van der Waals surface area (Å²) in [5, 5.41) is 3.23. The normalized spacial score (nSPS) is 10.3. The summed E-state index contributed by atoms with van der Waals surface area (Å²) in [5.74, 6) is 2.30. The van der Waals surface area contributed by atoms with Crippen molar-refractivity contribution in [3.8, 4) is 17.1 Å². The molecule has 2 aromatic rings. The second kappa shape index (κ2) is 6.51. The van der Waals surface area contributed by atoms with Crippen molar-refractivity contribution in [2.24, 2.45) is 0 Å². The minimum Gasteiger partial charge on any atom is -0.497 e. The molecule has 0 fully saturated rings. The fourth-order valence-corrected chi connectivity index (χ4v) is 2.47. The molecule has 0 aliphatic carbocycles. The molecule has 0 atom stereocenters. The lowest BCUT2D eigenvalue weighted by atomic mass is 10.2. The van der Waals surface area contributed by atoms with E-state index in [9.17, 15) is 0 Å². The smallest absolute Gasteiger partial charge is 0.162 e. The quantitative estimate of drug-likeness (QED) is 0.741. The van der Waals surface area contributed by atoms with Crippen LogP contribution in [0.25, 0.3) is 11.4 Å². The van der Waals surface area contributed by atoms with Crippen LogP contribution in [0.2, 0.25) is 0 Å². The van der Waals surface area contributed by atoms with Gasteiger partial charge in [-0.1, -0.05) is 15.9 Å². The fraction of sp³-hybridized carbons (Fsp3) is 0.231. The molecule has 100 valence electrons. The summed E-state index contributed by atoms with van der Waals surface area (Å²) in [6, 6.07) is 5.75. The first-order chi connectivity index (χ1) is 9.15. The molecule has 0 radical (unpaired) electrons. The lowest BCUT2D eigenvalue weighted by molar-refractivity contribution is 0.415. The molecule has 0 amide bonds. The number of hydrogen-bond acceptors (Lipinski definition) is 4. The van der Waals surface area contributed by atoms with E-state index in [1.807, 2.05) is 31.3 Å². The van der Waals surface area contributed by atoms with Crippen LogP contribution in [-0.4, -0.2) is 23.6 Å². The van der Waals surface area contributed by atoms with Crippen LogP contribution in [0.3, 0.4) is 0 Å². The van der Waals surface area contributed by atoms with Gasteiger partial charge in [0.2, 0.25) is 0 Å². The van der Waals surface area contributed by atoms with Crippen molar-refractivity contribution < 1.29 is 4.74 Å². The topological polar surface area (TPSA) is 47.0 Å². The Morgan fingerprint density at radius 1 is 1.42 bits per heavy atom. The fourth-order valence-electron chi connectivity index (χ4n) is 1.59. The number of aromatic nitrogens is 2. The summed E-state index contributed by atoms with van der Waals surface area (Å²) in [4.78, 5) is 8.94. The molecule has 1 heterocycles. The summed E-state index contributed by atoms with van der Waals surface area (Å²) in [5.41, 5.74) is 0.912. The van der Waals surface area contributed by atoms with E-state index >= 15 is 0 Å². The zero-order valence-electron chi connectivity index (χ0n) is 10.6. The second-order valence-electron chi connectivity index (χ2n) is 3.77. The third-order valence-corrected chi connectivity index (χ3v) is 3.98. The van der Waals surface area contributed by atoms with Gasteiger partial charge in [0.05, 0.1) is 10.7 Å². The highest BCUT2D eigenvalue weighted by atomic mass is 127. The van der Waals surface area contributed by atoms with Crippen LogP contribution in [0.15, 0.2) is 28.9 Å². The number of benzene rings is 1. The van der Waals surface area contributed by atoms with E-state index in [0.29, 0.717) is 5.82 Å². The molecule has 1 aromatic heterocycles. The highest BCUT2D eigenvalue weighted by Crippen LogP contribution is 2.30. The summed E-state index contributed by atoms with van der Waals surface area (Å²) in [6.07, 6.45) is 1.81. The maximum Gasteiger partial charge on any atom is 0.162 e. The van der Waals surface area contributed by atoms with Gasteiger partial charge in [0.25, 0.3) is 0 Å². The zero-order chi connectivity index (χ0) is 13.8. The summed E-state index contributed by atoms with van der Waals surface area (Å²) in [7, 11) is 1.64. The van der Waals surface area contributed by atoms with E-state index in [1.165, 1.54) is 0 Å². The van der Waals surface area contributed by atoms with Crippen LogP contribution in [0.1, 0.15) is 6.92 Å². The largest absolute Gasteiger partial charge is 0.497 e. The van der Waals surface area contributed by atoms with E-state index in [0.717, 1.165) is 31.7 Å². The minimum absolute atomic E-state index is 0.669. The van der Waals surface area contributed by atoms with Gasteiger partial charge in [-0.05, 0) is 47.7 Å². The van der Waals surface area contributed by atoms with Gasteiger partial charge in [0.1, 0.15) is 11.6 Å². The van der Waals surface area contributed by atoms with Gasteiger partial charge in [-0.3, -0.25) is 0 Å². The summed E-state index contributed by atoms with van der Waals surface area (Å²) < 4.78 is 7.18. The second-order valence-corrected chi connectivity index (χ2v) is 5.78. The lowest BCUT2D eigenvalue weighted by Crippen LogP contribution is -2.04. The van der Waals surface area contributed by atoms with E-state index in [1.54, 1.807) is 7.11 Å². The van der Waals surface area contributed by atoms with Gasteiger partial charge >= 0.3 is 0 Å². The number of ether oxygens (including phenoxy) is 1. The maximum atomic E-state index is 5.24. The third-order valence-electron chi connectivity index (χ3n) is 2.50. The molecule has 4 nitrogen and oxygen atoms in total. The van der Waals surface area contributed by atoms with E-state index in [2.05, 4.69) is 53.8 Å². The van der Waals surface area contributed by atoms with Gasteiger partial charge in [0.15, 0.2) is 5.82 Å². The Balaban J connectivity index is 2.49. The standard InChI is InChI=1S/C13H13BrIN3O/c1-3-16-13-11(15)7-17-12(18-13)9-6-8(19-2)4-5-10(9)14/h4-7H,3H2,1-2H3,(H,16,17,18). The van der Waals surface area contributed by atoms with Crippen molar-refractivity contribution in [3.05, 3.63) is 32.4 Å². The number of rotatable bonds is 4. The molecule has 0 bridgehead atoms.